The van der Waals surface area contributed by atoms with Gasteiger partial charge >= 0.3 is 0 Å². The van der Waals surface area contributed by atoms with Crippen LogP contribution < -0.4 is 10.6 Å². The van der Waals surface area contributed by atoms with Crippen molar-refractivity contribution in [1.29, 1.82) is 0 Å². The van der Waals surface area contributed by atoms with Gasteiger partial charge in [0.2, 0.25) is 5.91 Å². The minimum atomic E-state index is -0.775. The summed E-state index contributed by atoms with van der Waals surface area (Å²) in [6, 6.07) is 0. The van der Waals surface area contributed by atoms with Gasteiger partial charge in [0.15, 0.2) is 5.65 Å². The summed E-state index contributed by atoms with van der Waals surface area (Å²) in [6.45, 7) is 5.73. The van der Waals surface area contributed by atoms with E-state index in [1.54, 1.807) is 10.9 Å². The van der Waals surface area contributed by atoms with E-state index in [1.165, 1.54) is 0 Å². The fourth-order valence-electron chi connectivity index (χ4n) is 3.74. The average molecular weight is 432 g/mol. The molecule has 0 aliphatic carbocycles. The lowest BCUT2D eigenvalue weighted by Gasteiger charge is -2.41. The SMILES string of the molecule is Cc1nc(N2CCN(C(=O)C3(N)CCOCC3)CC2)c2cnn(C)c2n1.Cl.Cl. The monoisotopic (exact) mass is 431 g/mol. The Labute approximate surface area is 176 Å². The standard InChI is InChI=1S/C17H25N7O2.2ClH/c1-12-20-14-13(11-19-22(14)2)15(21-12)23-5-7-24(8-6-23)16(25)17(18)3-9-26-10-4-17;;/h11H,3-10,18H2,1-2H3;2*1H. The molecule has 156 valence electrons. The van der Waals surface area contributed by atoms with Gasteiger partial charge in [0, 0.05) is 46.4 Å². The first-order chi connectivity index (χ1) is 12.5. The molecular formula is C17H27Cl2N7O2. The number of rotatable bonds is 2. The van der Waals surface area contributed by atoms with Crippen LogP contribution in [0, 0.1) is 6.92 Å². The molecule has 4 heterocycles. The summed E-state index contributed by atoms with van der Waals surface area (Å²) >= 11 is 0. The number of nitrogens with two attached hydrogens (primary N) is 1. The number of aromatic nitrogens is 4. The number of nitrogens with zero attached hydrogens (tertiary/aromatic N) is 6. The predicted molar refractivity (Wildman–Crippen MR) is 111 cm³/mol. The van der Waals surface area contributed by atoms with Crippen LogP contribution in [0.3, 0.4) is 0 Å². The van der Waals surface area contributed by atoms with Crippen LogP contribution in [0.5, 0.6) is 0 Å². The molecule has 4 rings (SSSR count). The van der Waals surface area contributed by atoms with Crippen LogP contribution in [0.1, 0.15) is 18.7 Å². The van der Waals surface area contributed by atoms with Gasteiger partial charge in [0.1, 0.15) is 11.6 Å². The highest BCUT2D eigenvalue weighted by molar-refractivity contribution is 5.88. The van der Waals surface area contributed by atoms with Gasteiger partial charge in [0.05, 0.1) is 17.1 Å². The first kappa shape index (κ1) is 22.6. The lowest BCUT2D eigenvalue weighted by atomic mass is 9.89. The normalized spacial score (nSPS) is 19.1. The number of fused-ring (bicyclic) bond motifs is 1. The summed E-state index contributed by atoms with van der Waals surface area (Å²) in [7, 11) is 1.88. The van der Waals surface area contributed by atoms with Crippen LogP contribution in [-0.2, 0) is 16.6 Å². The summed E-state index contributed by atoms with van der Waals surface area (Å²) < 4.78 is 7.11. The van der Waals surface area contributed by atoms with Crippen molar-refractivity contribution in [1.82, 2.24) is 24.6 Å². The molecule has 0 bridgehead atoms. The van der Waals surface area contributed by atoms with Gasteiger partial charge < -0.3 is 20.3 Å². The third kappa shape index (κ3) is 4.03. The zero-order chi connectivity index (χ0) is 18.3. The quantitative estimate of drug-likeness (QED) is 0.744. The van der Waals surface area contributed by atoms with Crippen molar-refractivity contribution < 1.29 is 9.53 Å². The number of aryl methyl sites for hydroxylation is 2. The maximum absolute atomic E-state index is 12.9. The zero-order valence-electron chi connectivity index (χ0n) is 16.1. The van der Waals surface area contributed by atoms with Crippen LogP contribution >= 0.6 is 24.8 Å². The van der Waals surface area contributed by atoms with E-state index in [0.29, 0.717) is 39.1 Å². The van der Waals surface area contributed by atoms with Crippen molar-refractivity contribution in [2.45, 2.75) is 25.3 Å². The number of anilines is 1. The molecule has 9 nitrogen and oxygen atoms in total. The molecule has 11 heteroatoms. The smallest absolute Gasteiger partial charge is 0.242 e. The lowest BCUT2D eigenvalue weighted by Crippen LogP contribution is -2.61. The van der Waals surface area contributed by atoms with Crippen molar-refractivity contribution in [3.8, 4) is 0 Å². The minimum absolute atomic E-state index is 0. The van der Waals surface area contributed by atoms with Crippen molar-refractivity contribution in [2.75, 3.05) is 44.3 Å². The Morgan fingerprint density at radius 2 is 1.79 bits per heavy atom. The lowest BCUT2D eigenvalue weighted by molar-refractivity contribution is -0.140. The molecule has 2 fully saturated rings. The summed E-state index contributed by atoms with van der Waals surface area (Å²) in [5, 5.41) is 5.24. The fourth-order valence-corrected chi connectivity index (χ4v) is 3.74. The van der Waals surface area contributed by atoms with Crippen LogP contribution in [0.25, 0.3) is 11.0 Å². The molecule has 0 spiro atoms. The third-order valence-corrected chi connectivity index (χ3v) is 5.36. The number of carbonyl (C=O) groups excluding carboxylic acids is 1. The van der Waals surface area contributed by atoms with E-state index in [9.17, 15) is 4.79 Å². The molecule has 2 aliphatic rings. The molecule has 2 saturated heterocycles. The van der Waals surface area contributed by atoms with Crippen LogP contribution in [-0.4, -0.2) is 75.5 Å². The maximum atomic E-state index is 12.9. The molecule has 2 N–H and O–H groups in total. The second kappa shape index (κ2) is 8.77. The second-order valence-electron chi connectivity index (χ2n) is 7.15. The van der Waals surface area contributed by atoms with E-state index in [-0.39, 0.29) is 30.7 Å². The first-order valence-electron chi connectivity index (χ1n) is 9.05. The molecule has 1 amide bonds. The van der Waals surface area contributed by atoms with Gasteiger partial charge in [-0.1, -0.05) is 0 Å². The largest absolute Gasteiger partial charge is 0.381 e. The Kier molecular flexibility index (Phi) is 7.08. The fraction of sp³-hybridized carbons (Fsp3) is 0.647. The summed E-state index contributed by atoms with van der Waals surface area (Å²) in [4.78, 5) is 26.1. The molecule has 0 atom stereocenters. The number of carbonyl (C=O) groups is 1. The molecule has 0 aromatic carbocycles. The van der Waals surface area contributed by atoms with E-state index in [2.05, 4.69) is 20.0 Å². The zero-order valence-corrected chi connectivity index (χ0v) is 17.8. The molecule has 2 aromatic rings. The van der Waals surface area contributed by atoms with Crippen LogP contribution in [0.15, 0.2) is 6.20 Å². The number of hydrogen-bond donors (Lipinski definition) is 1. The highest BCUT2D eigenvalue weighted by Gasteiger charge is 2.39. The van der Waals surface area contributed by atoms with Gasteiger partial charge in [-0.15, -0.1) is 24.8 Å². The van der Waals surface area contributed by atoms with Gasteiger partial charge in [-0.3, -0.25) is 9.48 Å². The van der Waals surface area contributed by atoms with E-state index in [1.807, 2.05) is 18.9 Å². The van der Waals surface area contributed by atoms with E-state index >= 15 is 0 Å². The van der Waals surface area contributed by atoms with Gasteiger partial charge in [-0.25, -0.2) is 9.97 Å². The molecule has 0 saturated carbocycles. The van der Waals surface area contributed by atoms with E-state index in [0.717, 1.165) is 35.8 Å². The molecular weight excluding hydrogens is 405 g/mol. The number of hydrogen-bond acceptors (Lipinski definition) is 7. The van der Waals surface area contributed by atoms with Gasteiger partial charge in [-0.2, -0.15) is 5.10 Å². The molecule has 0 unspecified atom stereocenters. The average Bonchev–Trinajstić information content (AvgIpc) is 3.02. The summed E-state index contributed by atoms with van der Waals surface area (Å²) in [5.41, 5.74) is 6.41. The van der Waals surface area contributed by atoms with Crippen LogP contribution in [0.4, 0.5) is 5.82 Å². The molecule has 2 aromatic heterocycles. The number of amides is 1. The number of piperazine rings is 1. The second-order valence-corrected chi connectivity index (χ2v) is 7.15. The van der Waals surface area contributed by atoms with Crippen molar-refractivity contribution in [3.63, 3.8) is 0 Å². The molecule has 28 heavy (non-hydrogen) atoms. The Morgan fingerprint density at radius 3 is 2.43 bits per heavy atom. The van der Waals surface area contributed by atoms with Gasteiger partial charge in [0.25, 0.3) is 0 Å². The van der Waals surface area contributed by atoms with Crippen molar-refractivity contribution in [2.24, 2.45) is 12.8 Å². The predicted octanol–water partition coefficient (Wildman–Crippen LogP) is 0.672. The molecule has 0 radical (unpaired) electrons. The van der Waals surface area contributed by atoms with E-state index in [4.69, 9.17) is 10.5 Å². The maximum Gasteiger partial charge on any atom is 0.242 e. The minimum Gasteiger partial charge on any atom is -0.381 e. The van der Waals surface area contributed by atoms with Crippen molar-refractivity contribution in [3.05, 3.63) is 12.0 Å². The third-order valence-electron chi connectivity index (χ3n) is 5.36. The highest BCUT2D eigenvalue weighted by atomic mass is 35.5. The summed E-state index contributed by atoms with van der Waals surface area (Å²) in [6.07, 6.45) is 2.99. The molecule has 2 aliphatic heterocycles. The topological polar surface area (TPSA) is 102 Å². The number of halogens is 2. The van der Waals surface area contributed by atoms with Crippen LogP contribution in [0.2, 0.25) is 0 Å². The number of ether oxygens (including phenoxy) is 1. The Hall–Kier alpha value is -1.68. The highest BCUT2D eigenvalue weighted by Crippen LogP contribution is 2.26. The summed E-state index contributed by atoms with van der Waals surface area (Å²) in [5.74, 6) is 1.66. The Bertz CT molecular complexity index is 830. The van der Waals surface area contributed by atoms with E-state index < -0.39 is 5.54 Å². The first-order valence-corrected chi connectivity index (χ1v) is 9.05. The Balaban J connectivity index is 0.00000140. The van der Waals surface area contributed by atoms with Gasteiger partial charge in [-0.05, 0) is 19.8 Å². The van der Waals surface area contributed by atoms with Crippen molar-refractivity contribution >= 4 is 47.6 Å². The Morgan fingerprint density at radius 1 is 1.14 bits per heavy atom.